The van der Waals surface area contributed by atoms with Gasteiger partial charge in [-0.3, -0.25) is 0 Å². The molecule has 15 heavy (non-hydrogen) atoms. The molecule has 0 heterocycles. The van der Waals surface area contributed by atoms with Gasteiger partial charge in [-0.2, -0.15) is 5.26 Å². The van der Waals surface area contributed by atoms with Gasteiger partial charge in [0, 0.05) is 12.7 Å². The lowest BCUT2D eigenvalue weighted by Gasteiger charge is -2.44. The van der Waals surface area contributed by atoms with Crippen LogP contribution in [0, 0.1) is 17.1 Å². The Labute approximate surface area is 88.9 Å². The molecule has 0 N–H and O–H groups in total. The molecule has 0 aromatic heterocycles. The molecule has 0 bridgehead atoms. The minimum Gasteiger partial charge on any atom is -0.356 e. The molecule has 1 saturated carbocycles. The Bertz CT molecular complexity index is 404. The Morgan fingerprint density at radius 3 is 2.67 bits per heavy atom. The third-order valence-electron chi connectivity index (χ3n) is 3.23. The number of anilines is 1. The number of nitrogens with zero attached hydrogens (tertiary/aromatic N) is 2. The van der Waals surface area contributed by atoms with Gasteiger partial charge in [0.1, 0.15) is 11.4 Å². The SMILES string of the molecule is CN(c1cccc(F)c1)C1(C#N)CCC1. The van der Waals surface area contributed by atoms with Crippen molar-refractivity contribution in [1.82, 2.24) is 0 Å². The summed E-state index contributed by atoms with van der Waals surface area (Å²) in [5.74, 6) is -0.258. The second-order valence-electron chi connectivity index (χ2n) is 4.04. The van der Waals surface area contributed by atoms with E-state index in [0.29, 0.717) is 0 Å². The summed E-state index contributed by atoms with van der Waals surface area (Å²) < 4.78 is 13.0. The Kier molecular flexibility index (Phi) is 2.36. The van der Waals surface area contributed by atoms with Crippen LogP contribution in [0.25, 0.3) is 0 Å². The predicted octanol–water partition coefficient (Wildman–Crippen LogP) is 2.71. The van der Waals surface area contributed by atoms with Gasteiger partial charge in [-0.05, 0) is 37.5 Å². The maximum absolute atomic E-state index is 13.0. The maximum atomic E-state index is 13.0. The number of benzene rings is 1. The van der Waals surface area contributed by atoms with E-state index in [1.165, 1.54) is 12.1 Å². The Balaban J connectivity index is 2.28. The van der Waals surface area contributed by atoms with Crippen molar-refractivity contribution in [2.24, 2.45) is 0 Å². The van der Waals surface area contributed by atoms with Gasteiger partial charge in [-0.15, -0.1) is 0 Å². The average molecular weight is 204 g/mol. The predicted molar refractivity (Wildman–Crippen MR) is 57.0 cm³/mol. The zero-order chi connectivity index (χ0) is 10.9. The lowest BCUT2D eigenvalue weighted by Crippen LogP contribution is -2.51. The van der Waals surface area contributed by atoms with Gasteiger partial charge in [0.05, 0.1) is 6.07 Å². The van der Waals surface area contributed by atoms with E-state index in [9.17, 15) is 4.39 Å². The van der Waals surface area contributed by atoms with Crippen LogP contribution < -0.4 is 4.90 Å². The lowest BCUT2D eigenvalue weighted by molar-refractivity contribution is 0.312. The maximum Gasteiger partial charge on any atom is 0.127 e. The highest BCUT2D eigenvalue weighted by Crippen LogP contribution is 2.38. The van der Waals surface area contributed by atoms with Crippen molar-refractivity contribution in [2.75, 3.05) is 11.9 Å². The normalized spacial score (nSPS) is 17.7. The first-order valence-corrected chi connectivity index (χ1v) is 5.09. The van der Waals surface area contributed by atoms with Crippen LogP contribution >= 0.6 is 0 Å². The Hall–Kier alpha value is -1.56. The van der Waals surface area contributed by atoms with E-state index >= 15 is 0 Å². The van der Waals surface area contributed by atoms with Crippen LogP contribution in [-0.2, 0) is 0 Å². The van der Waals surface area contributed by atoms with Gasteiger partial charge >= 0.3 is 0 Å². The molecule has 1 aromatic carbocycles. The van der Waals surface area contributed by atoms with Gasteiger partial charge in [0.25, 0.3) is 0 Å². The summed E-state index contributed by atoms with van der Waals surface area (Å²) in [6, 6.07) is 8.72. The van der Waals surface area contributed by atoms with Crippen LogP contribution in [0.15, 0.2) is 24.3 Å². The summed E-state index contributed by atoms with van der Waals surface area (Å²) in [5.41, 5.74) is 0.365. The molecule has 0 radical (unpaired) electrons. The molecule has 1 aromatic rings. The van der Waals surface area contributed by atoms with Crippen LogP contribution in [-0.4, -0.2) is 12.6 Å². The molecule has 2 nitrogen and oxygen atoms in total. The van der Waals surface area contributed by atoms with Crippen LogP contribution in [0.1, 0.15) is 19.3 Å². The fraction of sp³-hybridized carbons (Fsp3) is 0.417. The average Bonchev–Trinajstić information content (AvgIpc) is 2.17. The zero-order valence-corrected chi connectivity index (χ0v) is 8.70. The largest absolute Gasteiger partial charge is 0.356 e. The minimum atomic E-state index is -0.409. The molecule has 3 heteroatoms. The Morgan fingerprint density at radius 1 is 1.47 bits per heavy atom. The van der Waals surface area contributed by atoms with Crippen molar-refractivity contribution in [3.05, 3.63) is 30.1 Å². The first-order valence-electron chi connectivity index (χ1n) is 5.09. The van der Waals surface area contributed by atoms with Crippen LogP contribution in [0.4, 0.5) is 10.1 Å². The van der Waals surface area contributed by atoms with Crippen molar-refractivity contribution in [1.29, 1.82) is 5.26 Å². The summed E-state index contributed by atoms with van der Waals surface area (Å²) in [7, 11) is 1.86. The van der Waals surface area contributed by atoms with Crippen molar-refractivity contribution < 1.29 is 4.39 Å². The van der Waals surface area contributed by atoms with Gasteiger partial charge < -0.3 is 4.90 Å². The summed E-state index contributed by atoms with van der Waals surface area (Å²) in [6.45, 7) is 0. The molecule has 0 spiro atoms. The molecule has 2 rings (SSSR count). The van der Waals surface area contributed by atoms with E-state index in [1.807, 2.05) is 18.0 Å². The molecule has 0 unspecified atom stereocenters. The quantitative estimate of drug-likeness (QED) is 0.740. The fourth-order valence-electron chi connectivity index (χ4n) is 1.97. The second-order valence-corrected chi connectivity index (χ2v) is 4.04. The molecule has 1 fully saturated rings. The number of nitriles is 1. The zero-order valence-electron chi connectivity index (χ0n) is 8.70. The van der Waals surface area contributed by atoms with E-state index in [4.69, 9.17) is 5.26 Å². The van der Waals surface area contributed by atoms with E-state index in [0.717, 1.165) is 24.9 Å². The molecule has 0 atom stereocenters. The van der Waals surface area contributed by atoms with Gasteiger partial charge in [0.2, 0.25) is 0 Å². The standard InChI is InChI=1S/C12H13FN2/c1-15(12(9-14)6-3-7-12)11-5-2-4-10(13)8-11/h2,4-5,8H,3,6-7H2,1H3. The van der Waals surface area contributed by atoms with Crippen LogP contribution in [0.3, 0.4) is 0 Å². The van der Waals surface area contributed by atoms with Gasteiger partial charge in [0.15, 0.2) is 0 Å². The van der Waals surface area contributed by atoms with Crippen molar-refractivity contribution in [3.8, 4) is 6.07 Å². The summed E-state index contributed by atoms with van der Waals surface area (Å²) in [5, 5.41) is 9.15. The van der Waals surface area contributed by atoms with Gasteiger partial charge in [-0.25, -0.2) is 4.39 Å². The third kappa shape index (κ3) is 1.56. The summed E-state index contributed by atoms with van der Waals surface area (Å²) in [6.07, 6.45) is 2.82. The van der Waals surface area contributed by atoms with Crippen molar-refractivity contribution in [2.45, 2.75) is 24.8 Å². The molecular formula is C12H13FN2. The first kappa shape index (κ1) is 9.97. The first-order chi connectivity index (χ1) is 7.18. The highest BCUT2D eigenvalue weighted by atomic mass is 19.1. The highest BCUT2D eigenvalue weighted by molar-refractivity contribution is 5.51. The summed E-state index contributed by atoms with van der Waals surface area (Å²) >= 11 is 0. The Morgan fingerprint density at radius 2 is 2.20 bits per heavy atom. The third-order valence-corrected chi connectivity index (χ3v) is 3.23. The van der Waals surface area contributed by atoms with E-state index in [1.54, 1.807) is 6.07 Å². The van der Waals surface area contributed by atoms with E-state index in [2.05, 4.69) is 6.07 Å². The van der Waals surface area contributed by atoms with Crippen molar-refractivity contribution in [3.63, 3.8) is 0 Å². The second kappa shape index (κ2) is 3.54. The van der Waals surface area contributed by atoms with Crippen LogP contribution in [0.2, 0.25) is 0 Å². The molecular weight excluding hydrogens is 191 g/mol. The molecule has 0 amide bonds. The van der Waals surface area contributed by atoms with Gasteiger partial charge in [-0.1, -0.05) is 6.07 Å². The monoisotopic (exact) mass is 204 g/mol. The molecule has 0 aliphatic heterocycles. The van der Waals surface area contributed by atoms with E-state index < -0.39 is 5.54 Å². The lowest BCUT2D eigenvalue weighted by atomic mass is 9.76. The van der Waals surface area contributed by atoms with E-state index in [-0.39, 0.29) is 5.82 Å². The molecule has 1 aliphatic rings. The van der Waals surface area contributed by atoms with Crippen molar-refractivity contribution >= 4 is 5.69 Å². The smallest absolute Gasteiger partial charge is 0.127 e. The number of hydrogen-bond donors (Lipinski definition) is 0. The fourth-order valence-corrected chi connectivity index (χ4v) is 1.97. The number of halogens is 1. The topological polar surface area (TPSA) is 27.0 Å². The molecule has 78 valence electrons. The van der Waals surface area contributed by atoms with Crippen LogP contribution in [0.5, 0.6) is 0 Å². The summed E-state index contributed by atoms with van der Waals surface area (Å²) in [4.78, 5) is 1.89. The highest BCUT2D eigenvalue weighted by Gasteiger charge is 2.41. The number of hydrogen-bond acceptors (Lipinski definition) is 2. The number of rotatable bonds is 2. The molecule has 1 aliphatic carbocycles. The molecule has 0 saturated heterocycles. The minimum absolute atomic E-state index is 0.258.